The van der Waals surface area contributed by atoms with E-state index in [0.29, 0.717) is 11.8 Å². The molecule has 23 heavy (non-hydrogen) atoms. The number of aliphatic hydroxyl groups excluding tert-OH is 1. The third-order valence-electron chi connectivity index (χ3n) is 5.52. The molecule has 0 aromatic rings. The van der Waals surface area contributed by atoms with Crippen molar-refractivity contribution in [2.24, 2.45) is 17.8 Å². The second kappa shape index (κ2) is 7.42. The lowest BCUT2D eigenvalue weighted by atomic mass is 9.70. The molecule has 2 aliphatic rings. The monoisotopic (exact) mass is 325 g/mol. The molecule has 1 aliphatic heterocycles. The van der Waals surface area contributed by atoms with Gasteiger partial charge in [0.2, 0.25) is 0 Å². The van der Waals surface area contributed by atoms with E-state index in [4.69, 9.17) is 4.74 Å². The maximum absolute atomic E-state index is 12.6. The number of piperidine rings is 1. The van der Waals surface area contributed by atoms with E-state index in [1.54, 1.807) is 0 Å². The molecular formula is C19H35NO3. The number of likely N-dealkylation sites (tertiary alicyclic amines) is 1. The van der Waals surface area contributed by atoms with Crippen LogP contribution in [0.4, 0.5) is 4.79 Å². The number of hydrogen-bond donors (Lipinski definition) is 1. The summed E-state index contributed by atoms with van der Waals surface area (Å²) >= 11 is 0. The van der Waals surface area contributed by atoms with E-state index in [1.165, 1.54) is 0 Å². The highest BCUT2D eigenvalue weighted by Gasteiger charge is 2.41. The minimum Gasteiger partial charge on any atom is -0.444 e. The molecule has 0 aromatic heterocycles. The van der Waals surface area contributed by atoms with Crippen LogP contribution in [0.3, 0.4) is 0 Å². The number of carbonyl (C=O) groups excluding carboxylic acids is 1. The molecule has 4 nitrogen and oxygen atoms in total. The van der Waals surface area contributed by atoms with Crippen molar-refractivity contribution in [1.29, 1.82) is 0 Å². The fraction of sp³-hybridized carbons (Fsp3) is 0.947. The Morgan fingerprint density at radius 2 is 1.87 bits per heavy atom. The Labute approximate surface area is 141 Å². The fourth-order valence-electron chi connectivity index (χ4n) is 4.19. The van der Waals surface area contributed by atoms with Crippen molar-refractivity contribution in [2.45, 2.75) is 90.9 Å². The number of ether oxygens (including phenoxy) is 1. The molecule has 1 heterocycles. The Bertz CT molecular complexity index is 402. The summed E-state index contributed by atoms with van der Waals surface area (Å²) in [6, 6.07) is 0.134. The van der Waals surface area contributed by atoms with Gasteiger partial charge in [0.15, 0.2) is 0 Å². The van der Waals surface area contributed by atoms with Gasteiger partial charge in [0, 0.05) is 18.5 Å². The second-order valence-corrected chi connectivity index (χ2v) is 8.79. The van der Waals surface area contributed by atoms with E-state index in [1.807, 2.05) is 25.7 Å². The summed E-state index contributed by atoms with van der Waals surface area (Å²) in [5.41, 5.74) is -0.468. The summed E-state index contributed by atoms with van der Waals surface area (Å²) in [6.45, 7) is 11.0. The Hall–Kier alpha value is -0.770. The molecule has 4 atom stereocenters. The summed E-state index contributed by atoms with van der Waals surface area (Å²) in [4.78, 5) is 14.5. The van der Waals surface area contributed by atoms with Gasteiger partial charge in [-0.1, -0.05) is 13.8 Å². The summed E-state index contributed by atoms with van der Waals surface area (Å²) in [5, 5.41) is 10.6. The lowest BCUT2D eigenvalue weighted by Crippen LogP contribution is -2.53. The zero-order chi connectivity index (χ0) is 17.2. The number of amides is 1. The topological polar surface area (TPSA) is 49.8 Å². The Morgan fingerprint density at radius 1 is 1.17 bits per heavy atom. The summed E-state index contributed by atoms with van der Waals surface area (Å²) in [6.07, 6.45) is 5.68. The molecule has 1 saturated heterocycles. The first kappa shape index (κ1) is 18.6. The predicted molar refractivity (Wildman–Crippen MR) is 92.3 cm³/mol. The number of nitrogens with zero attached hydrogens (tertiary/aromatic N) is 1. The van der Waals surface area contributed by atoms with Crippen molar-refractivity contribution in [2.75, 3.05) is 6.54 Å². The molecule has 1 N–H and O–H groups in total. The molecule has 134 valence electrons. The molecular weight excluding hydrogens is 290 g/mol. The second-order valence-electron chi connectivity index (χ2n) is 8.79. The van der Waals surface area contributed by atoms with Gasteiger partial charge in [0.1, 0.15) is 5.60 Å². The number of hydrogen-bond acceptors (Lipinski definition) is 3. The van der Waals surface area contributed by atoms with Crippen LogP contribution >= 0.6 is 0 Å². The van der Waals surface area contributed by atoms with Crippen molar-refractivity contribution >= 4 is 6.09 Å². The van der Waals surface area contributed by atoms with Gasteiger partial charge in [-0.25, -0.2) is 4.79 Å². The molecule has 4 unspecified atom stereocenters. The average molecular weight is 325 g/mol. The van der Waals surface area contributed by atoms with Crippen LogP contribution in [-0.4, -0.2) is 40.4 Å². The van der Waals surface area contributed by atoms with Crippen LogP contribution in [0.5, 0.6) is 0 Å². The van der Waals surface area contributed by atoms with Crippen LogP contribution in [-0.2, 0) is 4.74 Å². The highest BCUT2D eigenvalue weighted by atomic mass is 16.6. The molecule has 2 fully saturated rings. The lowest BCUT2D eigenvalue weighted by Gasteiger charge is -2.46. The lowest BCUT2D eigenvalue weighted by molar-refractivity contribution is -0.0386. The molecule has 0 spiro atoms. The summed E-state index contributed by atoms with van der Waals surface area (Å²) < 4.78 is 5.61. The molecule has 2 rings (SSSR count). The van der Waals surface area contributed by atoms with Crippen molar-refractivity contribution in [1.82, 2.24) is 4.90 Å². The van der Waals surface area contributed by atoms with E-state index >= 15 is 0 Å². The van der Waals surface area contributed by atoms with Crippen LogP contribution in [0.25, 0.3) is 0 Å². The zero-order valence-corrected chi connectivity index (χ0v) is 15.5. The highest BCUT2D eigenvalue weighted by molar-refractivity contribution is 5.68. The van der Waals surface area contributed by atoms with E-state index in [0.717, 1.165) is 45.1 Å². The summed E-state index contributed by atoms with van der Waals surface area (Å²) in [7, 11) is 0. The van der Waals surface area contributed by atoms with Crippen molar-refractivity contribution < 1.29 is 14.6 Å². The van der Waals surface area contributed by atoms with E-state index in [2.05, 4.69) is 13.8 Å². The molecule has 1 saturated carbocycles. The molecule has 1 amide bonds. The standard InChI is InChI=1S/C19H35NO3/c1-13(2)14-9-10-17(21)15(12-14)16-8-6-7-11-20(16)18(22)23-19(3,4)5/h13-17,21H,6-12H2,1-5H3. The average Bonchev–Trinajstić information content (AvgIpc) is 2.45. The van der Waals surface area contributed by atoms with Gasteiger partial charge in [0.25, 0.3) is 0 Å². The molecule has 0 bridgehead atoms. The van der Waals surface area contributed by atoms with Crippen molar-refractivity contribution in [3.05, 3.63) is 0 Å². The third kappa shape index (κ3) is 4.85. The Kier molecular flexibility index (Phi) is 5.99. The Balaban J connectivity index is 2.11. The van der Waals surface area contributed by atoms with Crippen LogP contribution in [0.1, 0.15) is 73.1 Å². The van der Waals surface area contributed by atoms with Gasteiger partial charge in [-0.15, -0.1) is 0 Å². The molecule has 1 aliphatic carbocycles. The van der Waals surface area contributed by atoms with Crippen LogP contribution in [0, 0.1) is 17.8 Å². The van der Waals surface area contributed by atoms with Gasteiger partial charge in [-0.2, -0.15) is 0 Å². The smallest absolute Gasteiger partial charge is 0.410 e. The van der Waals surface area contributed by atoms with Crippen molar-refractivity contribution in [3.63, 3.8) is 0 Å². The van der Waals surface area contributed by atoms with Gasteiger partial charge in [-0.05, 0) is 71.1 Å². The summed E-state index contributed by atoms with van der Waals surface area (Å²) in [5.74, 6) is 1.50. The largest absolute Gasteiger partial charge is 0.444 e. The van der Waals surface area contributed by atoms with E-state index < -0.39 is 5.60 Å². The zero-order valence-electron chi connectivity index (χ0n) is 15.5. The normalized spacial score (nSPS) is 32.9. The quantitative estimate of drug-likeness (QED) is 0.827. The first-order valence-electron chi connectivity index (χ1n) is 9.36. The van der Waals surface area contributed by atoms with E-state index in [-0.39, 0.29) is 24.2 Å². The van der Waals surface area contributed by atoms with Gasteiger partial charge in [-0.3, -0.25) is 0 Å². The maximum atomic E-state index is 12.6. The molecule has 0 aromatic carbocycles. The van der Waals surface area contributed by atoms with E-state index in [9.17, 15) is 9.90 Å². The SMILES string of the molecule is CC(C)C1CCC(O)C(C2CCCCN2C(=O)OC(C)(C)C)C1. The first-order chi connectivity index (χ1) is 10.7. The number of carbonyl (C=O) groups is 1. The van der Waals surface area contributed by atoms with Gasteiger partial charge < -0.3 is 14.7 Å². The van der Waals surface area contributed by atoms with Crippen LogP contribution < -0.4 is 0 Å². The first-order valence-corrected chi connectivity index (χ1v) is 9.36. The minimum absolute atomic E-state index is 0.134. The van der Waals surface area contributed by atoms with Gasteiger partial charge >= 0.3 is 6.09 Å². The Morgan fingerprint density at radius 3 is 2.48 bits per heavy atom. The highest BCUT2D eigenvalue weighted by Crippen LogP contribution is 2.39. The predicted octanol–water partition coefficient (Wildman–Crippen LogP) is 4.21. The van der Waals surface area contributed by atoms with Crippen LogP contribution in [0.2, 0.25) is 0 Å². The maximum Gasteiger partial charge on any atom is 0.410 e. The fourth-order valence-corrected chi connectivity index (χ4v) is 4.19. The third-order valence-corrected chi connectivity index (χ3v) is 5.52. The van der Waals surface area contributed by atoms with Crippen LogP contribution in [0.15, 0.2) is 0 Å². The molecule has 0 radical (unpaired) electrons. The number of aliphatic hydroxyl groups is 1. The van der Waals surface area contributed by atoms with Crippen molar-refractivity contribution in [3.8, 4) is 0 Å². The number of rotatable bonds is 2. The van der Waals surface area contributed by atoms with Gasteiger partial charge in [0.05, 0.1) is 6.10 Å². The minimum atomic E-state index is -0.468. The molecule has 4 heteroatoms.